The summed E-state index contributed by atoms with van der Waals surface area (Å²) in [5.74, 6) is -1.47. The minimum absolute atomic E-state index is 0.158. The Morgan fingerprint density at radius 3 is 2.71 bits per heavy atom. The number of carbonyl (C=O) groups is 1. The number of likely N-dealkylation sites (tertiary alicyclic amines) is 1. The number of imidazole rings is 1. The molecule has 1 aromatic heterocycles. The van der Waals surface area contributed by atoms with E-state index >= 15 is 0 Å². The van der Waals surface area contributed by atoms with Gasteiger partial charge in [0.1, 0.15) is 17.5 Å². The molecule has 28 heavy (non-hydrogen) atoms. The van der Waals surface area contributed by atoms with Crippen molar-refractivity contribution in [1.29, 1.82) is 0 Å². The van der Waals surface area contributed by atoms with E-state index in [9.17, 15) is 22.0 Å². The summed E-state index contributed by atoms with van der Waals surface area (Å²) in [5.41, 5.74) is -0.220. The van der Waals surface area contributed by atoms with Crippen molar-refractivity contribution in [2.24, 2.45) is 0 Å². The number of carbonyl (C=O) groups excluding carboxylic acids is 1. The minimum Gasteiger partial charge on any atom is -0.337 e. The Morgan fingerprint density at radius 2 is 2.11 bits per heavy atom. The van der Waals surface area contributed by atoms with Gasteiger partial charge in [-0.15, -0.1) is 0 Å². The Kier molecular flexibility index (Phi) is 5.80. The number of rotatable bonds is 6. The summed E-state index contributed by atoms with van der Waals surface area (Å²) in [4.78, 5) is 18.1. The Bertz CT molecular complexity index is 977. The van der Waals surface area contributed by atoms with Gasteiger partial charge in [-0.3, -0.25) is 4.79 Å². The van der Waals surface area contributed by atoms with Crippen LogP contribution in [0.2, 0.25) is 0 Å². The number of aromatic nitrogens is 2. The highest BCUT2D eigenvalue weighted by molar-refractivity contribution is 7.88. The fourth-order valence-corrected chi connectivity index (χ4v) is 4.59. The molecule has 0 N–H and O–H groups in total. The van der Waals surface area contributed by atoms with Crippen molar-refractivity contribution >= 4 is 15.9 Å². The maximum absolute atomic E-state index is 13.9. The quantitative estimate of drug-likeness (QED) is 0.723. The summed E-state index contributed by atoms with van der Waals surface area (Å²) in [6.45, 7) is 2.98. The van der Waals surface area contributed by atoms with Crippen molar-refractivity contribution in [3.05, 3.63) is 53.6 Å². The molecule has 2 heterocycles. The van der Waals surface area contributed by atoms with Crippen LogP contribution in [0.3, 0.4) is 0 Å². The van der Waals surface area contributed by atoms with Crippen LogP contribution in [-0.4, -0.2) is 65.0 Å². The number of sulfonamides is 1. The van der Waals surface area contributed by atoms with Crippen molar-refractivity contribution in [3.8, 4) is 0 Å². The first kappa shape index (κ1) is 20.4. The average Bonchev–Trinajstić information content (AvgIpc) is 3.23. The zero-order chi connectivity index (χ0) is 20.5. The summed E-state index contributed by atoms with van der Waals surface area (Å²) < 4.78 is 54.8. The molecule has 1 aliphatic rings. The summed E-state index contributed by atoms with van der Waals surface area (Å²) in [6.07, 6.45) is 5.01. The van der Waals surface area contributed by atoms with Gasteiger partial charge in [-0.25, -0.2) is 22.2 Å². The fraction of sp³-hybridized carbons (Fsp3) is 0.444. The van der Waals surface area contributed by atoms with Crippen LogP contribution >= 0.6 is 0 Å². The van der Waals surface area contributed by atoms with E-state index in [2.05, 4.69) is 4.98 Å². The maximum Gasteiger partial charge on any atom is 0.256 e. The molecule has 0 saturated carbocycles. The summed E-state index contributed by atoms with van der Waals surface area (Å²) in [5, 5.41) is 0. The predicted molar refractivity (Wildman–Crippen MR) is 99.2 cm³/mol. The second-order valence-corrected chi connectivity index (χ2v) is 8.79. The first-order chi connectivity index (χ1) is 13.2. The van der Waals surface area contributed by atoms with E-state index in [0.717, 1.165) is 24.2 Å². The molecule has 1 fully saturated rings. The maximum atomic E-state index is 13.9. The third kappa shape index (κ3) is 4.39. The van der Waals surface area contributed by atoms with Gasteiger partial charge in [0.2, 0.25) is 10.0 Å². The molecule has 152 valence electrons. The molecule has 3 rings (SSSR count). The second-order valence-electron chi connectivity index (χ2n) is 6.86. The van der Waals surface area contributed by atoms with E-state index in [0.29, 0.717) is 25.6 Å². The van der Waals surface area contributed by atoms with E-state index in [-0.39, 0.29) is 18.7 Å². The first-order valence-electron chi connectivity index (χ1n) is 8.85. The molecular weight excluding hydrogens is 390 g/mol. The van der Waals surface area contributed by atoms with Crippen LogP contribution in [0.25, 0.3) is 0 Å². The van der Waals surface area contributed by atoms with Crippen LogP contribution in [0.15, 0.2) is 30.6 Å². The Balaban J connectivity index is 1.71. The number of hydrogen-bond acceptors (Lipinski definition) is 4. The molecule has 0 bridgehead atoms. The lowest BCUT2D eigenvalue weighted by Crippen LogP contribution is -2.43. The molecule has 10 heteroatoms. The zero-order valence-electron chi connectivity index (χ0n) is 15.7. The molecular formula is C18H22F2N4O3S. The summed E-state index contributed by atoms with van der Waals surface area (Å²) >= 11 is 0. The molecule has 1 aliphatic heterocycles. The molecule has 2 aromatic rings. The minimum atomic E-state index is -3.50. The van der Waals surface area contributed by atoms with Crippen LogP contribution < -0.4 is 0 Å². The topological polar surface area (TPSA) is 75.5 Å². The van der Waals surface area contributed by atoms with Gasteiger partial charge >= 0.3 is 0 Å². The lowest BCUT2D eigenvalue weighted by molar-refractivity contribution is 0.0779. The normalized spacial score (nSPS) is 17.5. The predicted octanol–water partition coefficient (Wildman–Crippen LogP) is 1.65. The summed E-state index contributed by atoms with van der Waals surface area (Å²) in [7, 11) is -3.50. The molecule has 1 aromatic carbocycles. The van der Waals surface area contributed by atoms with E-state index in [4.69, 9.17) is 0 Å². The third-order valence-electron chi connectivity index (χ3n) is 4.93. The molecule has 0 aliphatic carbocycles. The zero-order valence-corrected chi connectivity index (χ0v) is 16.5. The standard InChI is InChI=1S/C18H22F2N4O3S/c1-13-21-6-8-22(13)9-10-24(28(2,26)27)15-5-7-23(12-15)18(25)16-4-3-14(19)11-17(16)20/h3-4,6,8,11,15H,5,7,9-10,12H2,1-2H3. The van der Waals surface area contributed by atoms with E-state index in [1.54, 1.807) is 12.4 Å². The van der Waals surface area contributed by atoms with Crippen molar-refractivity contribution in [2.45, 2.75) is 25.9 Å². The number of aryl methyl sites for hydroxylation is 1. The van der Waals surface area contributed by atoms with Crippen molar-refractivity contribution in [3.63, 3.8) is 0 Å². The average molecular weight is 412 g/mol. The van der Waals surface area contributed by atoms with Gasteiger partial charge in [0.05, 0.1) is 11.8 Å². The SMILES string of the molecule is Cc1nccn1CCN(C1CCN(C(=O)c2ccc(F)cc2F)C1)S(C)(=O)=O. The first-order valence-corrected chi connectivity index (χ1v) is 10.7. The van der Waals surface area contributed by atoms with Gasteiger partial charge < -0.3 is 9.47 Å². The van der Waals surface area contributed by atoms with Gasteiger partial charge in [-0.1, -0.05) is 0 Å². The van der Waals surface area contributed by atoms with Crippen molar-refractivity contribution < 1.29 is 22.0 Å². The van der Waals surface area contributed by atoms with Crippen LogP contribution in [0, 0.1) is 18.6 Å². The monoisotopic (exact) mass is 412 g/mol. The lowest BCUT2D eigenvalue weighted by atomic mass is 10.2. The number of halogens is 2. The number of amides is 1. The molecule has 1 amide bonds. The number of nitrogens with zero attached hydrogens (tertiary/aromatic N) is 4. The van der Waals surface area contributed by atoms with Gasteiger partial charge in [-0.05, 0) is 25.5 Å². The smallest absolute Gasteiger partial charge is 0.256 e. The van der Waals surface area contributed by atoms with Crippen LogP contribution in [0.5, 0.6) is 0 Å². The second kappa shape index (κ2) is 7.96. The van der Waals surface area contributed by atoms with E-state index < -0.39 is 33.6 Å². The van der Waals surface area contributed by atoms with Gasteiger partial charge in [0, 0.05) is 50.7 Å². The molecule has 0 spiro atoms. The van der Waals surface area contributed by atoms with Crippen LogP contribution in [0.4, 0.5) is 8.78 Å². The van der Waals surface area contributed by atoms with Crippen molar-refractivity contribution in [2.75, 3.05) is 25.9 Å². The van der Waals surface area contributed by atoms with E-state index in [1.807, 2.05) is 11.5 Å². The highest BCUT2D eigenvalue weighted by Crippen LogP contribution is 2.22. The van der Waals surface area contributed by atoms with Gasteiger partial charge in [-0.2, -0.15) is 4.31 Å². The van der Waals surface area contributed by atoms with E-state index in [1.165, 1.54) is 9.21 Å². The Morgan fingerprint density at radius 1 is 1.36 bits per heavy atom. The van der Waals surface area contributed by atoms with Gasteiger partial charge in [0.25, 0.3) is 5.91 Å². The largest absolute Gasteiger partial charge is 0.337 e. The highest BCUT2D eigenvalue weighted by atomic mass is 32.2. The van der Waals surface area contributed by atoms with Gasteiger partial charge in [0.15, 0.2) is 0 Å². The highest BCUT2D eigenvalue weighted by Gasteiger charge is 2.35. The molecule has 1 unspecified atom stereocenters. The lowest BCUT2D eigenvalue weighted by Gasteiger charge is -2.27. The third-order valence-corrected chi connectivity index (χ3v) is 6.26. The van der Waals surface area contributed by atoms with Crippen molar-refractivity contribution in [1.82, 2.24) is 18.8 Å². The van der Waals surface area contributed by atoms with Crippen LogP contribution in [0.1, 0.15) is 22.6 Å². The number of hydrogen-bond donors (Lipinski definition) is 0. The Hall–Kier alpha value is -2.33. The number of benzene rings is 1. The fourth-order valence-electron chi connectivity index (χ4n) is 3.46. The molecule has 1 atom stereocenters. The summed E-state index contributed by atoms with van der Waals surface area (Å²) in [6, 6.07) is 2.40. The Labute approximate surface area is 162 Å². The molecule has 1 saturated heterocycles. The van der Waals surface area contributed by atoms with Crippen LogP contribution in [-0.2, 0) is 16.6 Å². The molecule has 7 nitrogen and oxygen atoms in total. The molecule has 0 radical (unpaired) electrons.